The third-order valence-electron chi connectivity index (χ3n) is 4.69. The van der Waals surface area contributed by atoms with E-state index in [1.54, 1.807) is 6.07 Å². The smallest absolute Gasteiger partial charge is 0.269 e. The quantitative estimate of drug-likeness (QED) is 0.627. The monoisotopic (exact) mass is 363 g/mol. The van der Waals surface area contributed by atoms with Gasteiger partial charge in [-0.15, -0.1) is 0 Å². The zero-order valence-corrected chi connectivity index (χ0v) is 14.8. The first-order valence-electron chi connectivity index (χ1n) is 9.00. The van der Waals surface area contributed by atoms with Crippen LogP contribution in [0.25, 0.3) is 11.3 Å². The van der Waals surface area contributed by atoms with Crippen LogP contribution in [-0.2, 0) is 12.8 Å². The van der Waals surface area contributed by atoms with E-state index in [9.17, 15) is 9.90 Å². The van der Waals surface area contributed by atoms with Gasteiger partial charge in [0.1, 0.15) is 11.4 Å². The highest BCUT2D eigenvalue weighted by Gasteiger charge is 2.18. The van der Waals surface area contributed by atoms with Crippen molar-refractivity contribution >= 4 is 5.91 Å². The number of fused-ring (bicyclic) bond motifs is 1. The molecule has 4 rings (SSSR count). The fourth-order valence-corrected chi connectivity index (χ4v) is 3.25. The van der Waals surface area contributed by atoms with E-state index in [-0.39, 0.29) is 18.6 Å². The first-order valence-corrected chi connectivity index (χ1v) is 9.00. The second-order valence-corrected chi connectivity index (χ2v) is 6.63. The minimum absolute atomic E-state index is 0.132. The summed E-state index contributed by atoms with van der Waals surface area (Å²) in [6, 6.07) is 17.1. The standard InChI is InChI=1S/C21H21N3O3/c25-13-17(10-14-4-2-1-3-5-14)22-21(26)19-12-18(23-24-19)15-6-7-20-16(11-15)8-9-27-20/h1-7,11-12,17,25H,8-10,13H2,(H,22,26)(H,23,24). The Morgan fingerprint density at radius 2 is 2.07 bits per heavy atom. The SMILES string of the molecule is O=C(NC(CO)Cc1ccccc1)c1cc(-c2ccc3c(c2)CCO3)n[nH]1. The Balaban J connectivity index is 1.45. The molecule has 0 radical (unpaired) electrons. The molecule has 1 aliphatic heterocycles. The first-order chi connectivity index (χ1) is 13.2. The number of rotatable bonds is 6. The van der Waals surface area contributed by atoms with E-state index in [0.717, 1.165) is 28.9 Å². The van der Waals surface area contributed by atoms with Crippen molar-refractivity contribution in [3.63, 3.8) is 0 Å². The van der Waals surface area contributed by atoms with Gasteiger partial charge in [0.2, 0.25) is 0 Å². The number of hydrogen-bond donors (Lipinski definition) is 3. The van der Waals surface area contributed by atoms with Crippen LogP contribution in [0.2, 0.25) is 0 Å². The van der Waals surface area contributed by atoms with Crippen molar-refractivity contribution in [1.82, 2.24) is 15.5 Å². The predicted octanol–water partition coefficient (Wildman–Crippen LogP) is 2.34. The van der Waals surface area contributed by atoms with Crippen LogP contribution in [0.1, 0.15) is 21.6 Å². The van der Waals surface area contributed by atoms with Crippen LogP contribution in [0.4, 0.5) is 0 Å². The van der Waals surface area contributed by atoms with Gasteiger partial charge in [0.05, 0.1) is 24.9 Å². The minimum atomic E-state index is -0.358. The summed E-state index contributed by atoms with van der Waals surface area (Å²) in [5.74, 6) is 0.632. The van der Waals surface area contributed by atoms with Gasteiger partial charge in [-0.05, 0) is 41.8 Å². The van der Waals surface area contributed by atoms with Gasteiger partial charge in [0.25, 0.3) is 5.91 Å². The Morgan fingerprint density at radius 1 is 1.22 bits per heavy atom. The molecule has 2 heterocycles. The lowest BCUT2D eigenvalue weighted by Crippen LogP contribution is -2.39. The molecule has 0 spiro atoms. The van der Waals surface area contributed by atoms with Gasteiger partial charge in [0.15, 0.2) is 0 Å². The molecule has 3 N–H and O–H groups in total. The number of benzene rings is 2. The average Bonchev–Trinajstić information content (AvgIpc) is 3.37. The van der Waals surface area contributed by atoms with Crippen LogP contribution >= 0.6 is 0 Å². The number of nitrogens with zero attached hydrogens (tertiary/aromatic N) is 1. The predicted molar refractivity (Wildman–Crippen MR) is 102 cm³/mol. The van der Waals surface area contributed by atoms with Gasteiger partial charge in [-0.1, -0.05) is 30.3 Å². The molecule has 1 aliphatic rings. The third kappa shape index (κ3) is 3.85. The van der Waals surface area contributed by atoms with Gasteiger partial charge in [-0.3, -0.25) is 9.89 Å². The van der Waals surface area contributed by atoms with E-state index >= 15 is 0 Å². The molecule has 0 saturated carbocycles. The summed E-state index contributed by atoms with van der Waals surface area (Å²) in [7, 11) is 0. The molecule has 6 nitrogen and oxygen atoms in total. The van der Waals surface area contributed by atoms with E-state index in [0.29, 0.717) is 24.4 Å². The van der Waals surface area contributed by atoms with Crippen LogP contribution in [0.15, 0.2) is 54.6 Å². The average molecular weight is 363 g/mol. The summed E-state index contributed by atoms with van der Waals surface area (Å²) in [6.45, 7) is 0.573. The van der Waals surface area contributed by atoms with Gasteiger partial charge < -0.3 is 15.2 Å². The summed E-state index contributed by atoms with van der Waals surface area (Å²) in [6.07, 6.45) is 1.45. The highest BCUT2D eigenvalue weighted by molar-refractivity contribution is 5.93. The first kappa shape index (κ1) is 17.3. The number of amides is 1. The third-order valence-corrected chi connectivity index (χ3v) is 4.69. The zero-order valence-electron chi connectivity index (χ0n) is 14.8. The lowest BCUT2D eigenvalue weighted by Gasteiger charge is -2.15. The minimum Gasteiger partial charge on any atom is -0.493 e. The summed E-state index contributed by atoms with van der Waals surface area (Å²) in [5, 5.41) is 19.5. The van der Waals surface area contributed by atoms with E-state index in [1.807, 2.05) is 48.5 Å². The van der Waals surface area contributed by atoms with Gasteiger partial charge in [0, 0.05) is 12.0 Å². The van der Waals surface area contributed by atoms with Crippen LogP contribution in [0.5, 0.6) is 5.75 Å². The lowest BCUT2D eigenvalue weighted by atomic mass is 10.1. The van der Waals surface area contributed by atoms with Crippen molar-refractivity contribution in [3.8, 4) is 17.0 Å². The number of ether oxygens (including phenoxy) is 1. The fourth-order valence-electron chi connectivity index (χ4n) is 3.25. The van der Waals surface area contributed by atoms with Gasteiger partial charge >= 0.3 is 0 Å². The molecular formula is C21H21N3O3. The molecule has 0 saturated heterocycles. The van der Waals surface area contributed by atoms with Crippen molar-refractivity contribution in [1.29, 1.82) is 0 Å². The van der Waals surface area contributed by atoms with Crippen molar-refractivity contribution in [3.05, 3.63) is 71.4 Å². The molecule has 0 fully saturated rings. The maximum absolute atomic E-state index is 12.5. The van der Waals surface area contributed by atoms with Gasteiger partial charge in [-0.2, -0.15) is 5.10 Å². The van der Waals surface area contributed by atoms with Crippen molar-refractivity contribution in [2.24, 2.45) is 0 Å². The lowest BCUT2D eigenvalue weighted by molar-refractivity contribution is 0.0911. The summed E-state index contributed by atoms with van der Waals surface area (Å²) < 4.78 is 5.52. The second-order valence-electron chi connectivity index (χ2n) is 6.63. The summed E-state index contributed by atoms with van der Waals surface area (Å²) in [4.78, 5) is 12.5. The van der Waals surface area contributed by atoms with Crippen molar-refractivity contribution in [2.75, 3.05) is 13.2 Å². The summed E-state index contributed by atoms with van der Waals surface area (Å²) >= 11 is 0. The molecule has 3 aromatic rings. The zero-order chi connectivity index (χ0) is 18.6. The number of aliphatic hydroxyl groups is 1. The molecule has 2 aromatic carbocycles. The molecule has 0 bridgehead atoms. The number of aromatic nitrogens is 2. The molecule has 1 aromatic heterocycles. The number of aromatic amines is 1. The van der Waals surface area contributed by atoms with Crippen LogP contribution in [0.3, 0.4) is 0 Å². The van der Waals surface area contributed by atoms with Crippen LogP contribution in [-0.4, -0.2) is 40.5 Å². The van der Waals surface area contributed by atoms with E-state index in [4.69, 9.17) is 4.74 Å². The Kier molecular flexibility index (Phi) is 4.89. The molecule has 1 unspecified atom stereocenters. The Hall–Kier alpha value is -3.12. The van der Waals surface area contributed by atoms with Gasteiger partial charge in [-0.25, -0.2) is 0 Å². The van der Waals surface area contributed by atoms with Crippen LogP contribution < -0.4 is 10.1 Å². The van der Waals surface area contributed by atoms with E-state index in [2.05, 4.69) is 15.5 Å². The molecule has 1 atom stereocenters. The second kappa shape index (κ2) is 7.63. The van der Waals surface area contributed by atoms with E-state index < -0.39 is 0 Å². The van der Waals surface area contributed by atoms with Crippen LogP contribution in [0, 0.1) is 0 Å². The molecular weight excluding hydrogens is 342 g/mol. The molecule has 138 valence electrons. The Labute approximate surface area is 157 Å². The number of carbonyl (C=O) groups excluding carboxylic acids is 1. The maximum Gasteiger partial charge on any atom is 0.269 e. The largest absolute Gasteiger partial charge is 0.493 e. The molecule has 6 heteroatoms. The topological polar surface area (TPSA) is 87.2 Å². The van der Waals surface area contributed by atoms with E-state index in [1.165, 1.54) is 0 Å². The number of H-pyrrole nitrogens is 1. The fraction of sp³-hybridized carbons (Fsp3) is 0.238. The number of hydrogen-bond acceptors (Lipinski definition) is 4. The van der Waals surface area contributed by atoms with Crippen molar-refractivity contribution < 1.29 is 14.6 Å². The highest BCUT2D eigenvalue weighted by atomic mass is 16.5. The normalized spacial score (nSPS) is 13.7. The number of aliphatic hydroxyl groups excluding tert-OH is 1. The Bertz CT molecular complexity index is 937. The number of carbonyl (C=O) groups is 1. The maximum atomic E-state index is 12.5. The van der Waals surface area contributed by atoms with Crippen molar-refractivity contribution in [2.45, 2.75) is 18.9 Å². The summed E-state index contributed by atoms with van der Waals surface area (Å²) in [5.41, 5.74) is 4.23. The Morgan fingerprint density at radius 3 is 2.89 bits per heavy atom. The number of nitrogens with one attached hydrogen (secondary N) is 2. The highest BCUT2D eigenvalue weighted by Crippen LogP contribution is 2.29. The molecule has 0 aliphatic carbocycles. The molecule has 1 amide bonds. The molecule has 27 heavy (non-hydrogen) atoms.